The van der Waals surface area contributed by atoms with Gasteiger partial charge in [0.25, 0.3) is 0 Å². The van der Waals surface area contributed by atoms with Gasteiger partial charge in [-0.15, -0.1) is 0 Å². The largest absolute Gasteiger partial charge is 0.198 e. The Labute approximate surface area is 158 Å². The van der Waals surface area contributed by atoms with E-state index in [2.05, 4.69) is 19.9 Å². The average Bonchev–Trinajstić information content (AvgIpc) is 2.65. The lowest BCUT2D eigenvalue weighted by Gasteiger charge is -2.48. The predicted octanol–water partition coefficient (Wildman–Crippen LogP) is 8.04. The normalized spacial score (nSPS) is 32.1. The third-order valence-corrected chi connectivity index (χ3v) is 7.38. The van der Waals surface area contributed by atoms with Crippen LogP contribution in [-0.2, 0) is 0 Å². The van der Waals surface area contributed by atoms with Crippen LogP contribution in [0.5, 0.6) is 0 Å². The van der Waals surface area contributed by atoms with E-state index in [4.69, 9.17) is 0 Å². The van der Waals surface area contributed by atoms with Crippen molar-refractivity contribution in [2.45, 2.75) is 123 Å². The zero-order valence-corrected chi connectivity index (χ0v) is 17.2. The summed E-state index contributed by atoms with van der Waals surface area (Å²) in [6, 6.07) is 2.86. The third-order valence-electron chi connectivity index (χ3n) is 7.38. The molecule has 4 atom stereocenters. The molecule has 1 heteroatoms. The van der Waals surface area contributed by atoms with E-state index in [1.165, 1.54) is 109 Å². The van der Waals surface area contributed by atoms with Gasteiger partial charge in [-0.3, -0.25) is 0 Å². The van der Waals surface area contributed by atoms with E-state index in [-0.39, 0.29) is 5.41 Å². The number of nitrogens with zero attached hydrogens (tertiary/aromatic N) is 1. The summed E-state index contributed by atoms with van der Waals surface area (Å²) in [5, 5.41) is 10.0. The summed E-state index contributed by atoms with van der Waals surface area (Å²) < 4.78 is 0. The molecule has 0 heterocycles. The summed E-state index contributed by atoms with van der Waals surface area (Å²) in [7, 11) is 0. The van der Waals surface area contributed by atoms with Crippen LogP contribution in [0.15, 0.2) is 0 Å². The number of rotatable bonds is 11. The summed E-state index contributed by atoms with van der Waals surface area (Å²) in [6.45, 7) is 4.59. The van der Waals surface area contributed by atoms with Crippen LogP contribution in [0, 0.1) is 34.5 Å². The summed E-state index contributed by atoms with van der Waals surface area (Å²) in [5.74, 6) is 2.49. The van der Waals surface area contributed by atoms with Crippen LogP contribution >= 0.6 is 0 Å². The van der Waals surface area contributed by atoms with Crippen LogP contribution in [0.3, 0.4) is 0 Å². The second-order valence-electron chi connectivity index (χ2n) is 9.30. The molecule has 0 aromatic carbocycles. The number of unbranched alkanes of at least 4 members (excludes halogenated alkanes) is 7. The Hall–Kier alpha value is -0.510. The second-order valence-corrected chi connectivity index (χ2v) is 9.30. The van der Waals surface area contributed by atoms with E-state index in [1.54, 1.807) is 0 Å². The summed E-state index contributed by atoms with van der Waals surface area (Å²) >= 11 is 0. The van der Waals surface area contributed by atoms with Gasteiger partial charge in [-0.05, 0) is 49.9 Å². The van der Waals surface area contributed by atoms with Crippen LogP contribution in [-0.4, -0.2) is 0 Å². The Morgan fingerprint density at radius 2 is 1.44 bits per heavy atom. The van der Waals surface area contributed by atoms with Crippen molar-refractivity contribution < 1.29 is 0 Å². The van der Waals surface area contributed by atoms with Crippen molar-refractivity contribution in [2.75, 3.05) is 0 Å². The van der Waals surface area contributed by atoms with E-state index < -0.39 is 0 Å². The van der Waals surface area contributed by atoms with Crippen LogP contribution in [0.4, 0.5) is 0 Å². The fraction of sp³-hybridized carbons (Fsp3) is 0.958. The van der Waals surface area contributed by atoms with E-state index in [0.29, 0.717) is 0 Å². The topological polar surface area (TPSA) is 23.8 Å². The molecule has 2 saturated carbocycles. The zero-order valence-electron chi connectivity index (χ0n) is 17.2. The summed E-state index contributed by atoms with van der Waals surface area (Å²) in [6.07, 6.45) is 23.2. The molecule has 0 spiro atoms. The van der Waals surface area contributed by atoms with Gasteiger partial charge >= 0.3 is 0 Å². The number of hydrogen-bond donors (Lipinski definition) is 0. The first-order valence-corrected chi connectivity index (χ1v) is 11.6. The Balaban J connectivity index is 1.75. The van der Waals surface area contributed by atoms with Gasteiger partial charge in [0.2, 0.25) is 0 Å². The Kier molecular flexibility index (Phi) is 9.36. The van der Waals surface area contributed by atoms with Gasteiger partial charge < -0.3 is 0 Å². The van der Waals surface area contributed by atoms with Gasteiger partial charge in [0, 0.05) is 0 Å². The SMILES string of the molecule is CCCCCCC[C@@H]1CC[C@@H]2CC(CCCCCC)CCC2(C#N)C1. The molecule has 0 N–H and O–H groups in total. The number of hydrogen-bond acceptors (Lipinski definition) is 1. The minimum atomic E-state index is 0.0618. The van der Waals surface area contributed by atoms with Gasteiger partial charge in [-0.1, -0.05) is 90.9 Å². The van der Waals surface area contributed by atoms with Crippen LogP contribution in [0.2, 0.25) is 0 Å². The van der Waals surface area contributed by atoms with Crippen molar-refractivity contribution in [1.82, 2.24) is 0 Å². The van der Waals surface area contributed by atoms with E-state index in [1.807, 2.05) is 0 Å². The van der Waals surface area contributed by atoms with Crippen LogP contribution < -0.4 is 0 Å². The molecule has 0 bridgehead atoms. The number of fused-ring (bicyclic) bond motifs is 1. The molecular formula is C24H43N. The molecule has 1 nitrogen and oxygen atoms in total. The maximum atomic E-state index is 10.0. The third kappa shape index (κ3) is 6.30. The summed E-state index contributed by atoms with van der Waals surface area (Å²) in [4.78, 5) is 0. The number of nitriles is 1. The highest BCUT2D eigenvalue weighted by atomic mass is 14.5. The van der Waals surface area contributed by atoms with Crippen LogP contribution in [0.1, 0.15) is 123 Å². The monoisotopic (exact) mass is 345 g/mol. The smallest absolute Gasteiger partial charge is 0.0692 e. The highest BCUT2D eigenvalue weighted by Gasteiger charge is 2.47. The lowest BCUT2D eigenvalue weighted by molar-refractivity contribution is 0.0366. The Morgan fingerprint density at radius 1 is 0.800 bits per heavy atom. The molecule has 2 rings (SSSR count). The van der Waals surface area contributed by atoms with Gasteiger partial charge in [0.05, 0.1) is 11.5 Å². The molecule has 2 aliphatic rings. The quantitative estimate of drug-likeness (QED) is 0.347. The minimum absolute atomic E-state index is 0.0618. The van der Waals surface area contributed by atoms with Gasteiger partial charge in [-0.2, -0.15) is 5.26 Å². The molecule has 0 amide bonds. The lowest BCUT2D eigenvalue weighted by atomic mass is 9.55. The first kappa shape index (κ1) is 20.8. The van der Waals surface area contributed by atoms with Crippen molar-refractivity contribution in [2.24, 2.45) is 23.2 Å². The highest BCUT2D eigenvalue weighted by molar-refractivity contribution is 5.08. The molecule has 0 aliphatic heterocycles. The molecule has 144 valence electrons. The maximum Gasteiger partial charge on any atom is 0.0692 e. The molecule has 2 aliphatic carbocycles. The molecule has 0 saturated heterocycles. The van der Waals surface area contributed by atoms with Gasteiger partial charge in [-0.25, -0.2) is 0 Å². The fourth-order valence-corrected chi connectivity index (χ4v) is 5.73. The van der Waals surface area contributed by atoms with Crippen molar-refractivity contribution >= 4 is 0 Å². The molecule has 0 radical (unpaired) electrons. The van der Waals surface area contributed by atoms with Crippen molar-refractivity contribution in [1.29, 1.82) is 5.26 Å². The summed E-state index contributed by atoms with van der Waals surface area (Å²) in [5.41, 5.74) is 0.0618. The standard InChI is InChI=1S/C24H43N/c1-3-5-7-9-11-13-22-14-15-23-18-21(12-10-8-6-4-2)16-17-24(23,19-22)20-25/h21-23H,3-19H2,1-2H3/t21?,22-,23-,24?/m1/s1. The molecule has 0 aromatic heterocycles. The maximum absolute atomic E-state index is 10.0. The Morgan fingerprint density at radius 3 is 2.12 bits per heavy atom. The fourth-order valence-electron chi connectivity index (χ4n) is 5.73. The van der Waals surface area contributed by atoms with Gasteiger partial charge in [0.15, 0.2) is 0 Å². The lowest BCUT2D eigenvalue weighted by Crippen LogP contribution is -2.40. The van der Waals surface area contributed by atoms with Gasteiger partial charge in [0.1, 0.15) is 0 Å². The molecule has 2 fully saturated rings. The second kappa shape index (κ2) is 11.3. The minimum Gasteiger partial charge on any atom is -0.198 e. The molecular weight excluding hydrogens is 302 g/mol. The first-order valence-electron chi connectivity index (χ1n) is 11.6. The van der Waals surface area contributed by atoms with E-state index in [9.17, 15) is 5.26 Å². The van der Waals surface area contributed by atoms with Crippen molar-refractivity contribution in [3.63, 3.8) is 0 Å². The van der Waals surface area contributed by atoms with E-state index >= 15 is 0 Å². The molecule has 2 unspecified atom stereocenters. The van der Waals surface area contributed by atoms with Crippen LogP contribution in [0.25, 0.3) is 0 Å². The molecule has 25 heavy (non-hydrogen) atoms. The zero-order chi connectivity index (χ0) is 18.0. The Bertz CT molecular complexity index is 395. The molecule has 0 aromatic rings. The average molecular weight is 346 g/mol. The highest BCUT2D eigenvalue weighted by Crippen LogP contribution is 2.54. The van der Waals surface area contributed by atoms with Crippen molar-refractivity contribution in [3.05, 3.63) is 0 Å². The predicted molar refractivity (Wildman–Crippen MR) is 108 cm³/mol. The first-order chi connectivity index (χ1) is 12.2. The van der Waals surface area contributed by atoms with E-state index in [0.717, 1.165) is 17.8 Å². The van der Waals surface area contributed by atoms with Crippen molar-refractivity contribution in [3.8, 4) is 6.07 Å².